The maximum atomic E-state index is 12.4. The minimum atomic E-state index is -2.96. The third-order valence-electron chi connectivity index (χ3n) is 3.46. The van der Waals surface area contributed by atoms with E-state index in [1.165, 1.54) is 0 Å². The van der Waals surface area contributed by atoms with E-state index >= 15 is 0 Å². The number of aromatic nitrogens is 1. The lowest BCUT2D eigenvalue weighted by atomic mass is 10.2. The van der Waals surface area contributed by atoms with Crippen molar-refractivity contribution in [1.29, 1.82) is 0 Å². The van der Waals surface area contributed by atoms with Crippen LogP contribution in [-0.4, -0.2) is 48.4 Å². The van der Waals surface area contributed by atoms with Crippen LogP contribution in [-0.2, 0) is 14.6 Å². The van der Waals surface area contributed by atoms with E-state index in [2.05, 4.69) is 5.32 Å². The van der Waals surface area contributed by atoms with Crippen molar-refractivity contribution in [2.24, 2.45) is 0 Å². The van der Waals surface area contributed by atoms with E-state index in [1.54, 1.807) is 11.8 Å². The molecule has 2 rings (SSSR count). The fourth-order valence-corrected chi connectivity index (χ4v) is 4.54. The molecule has 0 aliphatic carbocycles. The molecule has 0 unspecified atom stereocenters. The highest BCUT2D eigenvalue weighted by Gasteiger charge is 2.30. The summed E-state index contributed by atoms with van der Waals surface area (Å²) in [5.74, 6) is 1.05. The second-order valence-electron chi connectivity index (χ2n) is 5.04. The first-order chi connectivity index (χ1) is 9.52. The molecular weight excluding hydrogens is 296 g/mol. The predicted molar refractivity (Wildman–Crippen MR) is 81.7 cm³/mol. The van der Waals surface area contributed by atoms with Crippen LogP contribution in [0.1, 0.15) is 18.9 Å². The average Bonchev–Trinajstić information content (AvgIpc) is 3.00. The fourth-order valence-electron chi connectivity index (χ4n) is 2.41. The molecule has 0 saturated carbocycles. The zero-order valence-electron chi connectivity index (χ0n) is 11.5. The Bertz CT molecular complexity index is 540. The van der Waals surface area contributed by atoms with E-state index in [0.717, 1.165) is 12.2 Å². The summed E-state index contributed by atoms with van der Waals surface area (Å²) in [4.78, 5) is 12.4. The van der Waals surface area contributed by atoms with Gasteiger partial charge in [-0.1, -0.05) is 0 Å². The summed E-state index contributed by atoms with van der Waals surface area (Å²) in [6, 6.07) is 3.28. The van der Waals surface area contributed by atoms with Crippen LogP contribution in [0.15, 0.2) is 24.5 Å². The van der Waals surface area contributed by atoms with Crippen LogP contribution in [0.4, 0.5) is 0 Å². The summed E-state index contributed by atoms with van der Waals surface area (Å²) in [6.07, 6.45) is 7.01. The molecule has 1 aromatic rings. The monoisotopic (exact) mass is 316 g/mol. The zero-order valence-corrected chi connectivity index (χ0v) is 13.1. The number of nitrogens with zero attached hydrogens (tertiary/aromatic N) is 1. The topological polar surface area (TPSA) is 68.2 Å². The highest BCUT2D eigenvalue weighted by molar-refractivity contribution is 7.98. The number of hydrogen-bond donors (Lipinski definition) is 1. The Kier molecular flexibility index (Phi) is 5.15. The summed E-state index contributed by atoms with van der Waals surface area (Å²) < 4.78 is 24.8. The number of amides is 1. The van der Waals surface area contributed by atoms with Crippen LogP contribution < -0.4 is 5.32 Å². The van der Waals surface area contributed by atoms with Crippen LogP contribution in [0.2, 0.25) is 0 Å². The lowest BCUT2D eigenvalue weighted by Crippen LogP contribution is -2.40. The normalized spacial score (nSPS) is 22.6. The average molecular weight is 316 g/mol. The lowest BCUT2D eigenvalue weighted by Gasteiger charge is -2.20. The zero-order chi connectivity index (χ0) is 14.6. The molecular formula is C13H20N2O3S2. The third kappa shape index (κ3) is 4.02. The molecule has 2 heterocycles. The van der Waals surface area contributed by atoms with Crippen molar-refractivity contribution in [3.63, 3.8) is 0 Å². The Balaban J connectivity index is 2.00. The van der Waals surface area contributed by atoms with Gasteiger partial charge >= 0.3 is 0 Å². The first-order valence-electron chi connectivity index (χ1n) is 6.64. The maximum Gasteiger partial charge on any atom is 0.243 e. The van der Waals surface area contributed by atoms with Crippen molar-refractivity contribution in [3.8, 4) is 0 Å². The molecule has 1 aliphatic rings. The Morgan fingerprint density at radius 2 is 2.15 bits per heavy atom. The van der Waals surface area contributed by atoms with Crippen molar-refractivity contribution in [2.75, 3.05) is 23.5 Å². The number of carbonyl (C=O) groups excluding carboxylic acids is 1. The van der Waals surface area contributed by atoms with Gasteiger partial charge < -0.3 is 9.88 Å². The molecule has 112 valence electrons. The van der Waals surface area contributed by atoms with Crippen molar-refractivity contribution >= 4 is 27.5 Å². The minimum Gasteiger partial charge on any atom is -0.351 e. The number of carbonyl (C=O) groups is 1. The van der Waals surface area contributed by atoms with E-state index < -0.39 is 9.84 Å². The highest BCUT2D eigenvalue weighted by Crippen LogP contribution is 2.17. The van der Waals surface area contributed by atoms with Crippen LogP contribution in [0, 0.1) is 0 Å². The van der Waals surface area contributed by atoms with Gasteiger partial charge in [0.15, 0.2) is 9.84 Å². The van der Waals surface area contributed by atoms with E-state index in [0.29, 0.717) is 6.42 Å². The van der Waals surface area contributed by atoms with E-state index in [9.17, 15) is 13.2 Å². The second-order valence-corrected chi connectivity index (χ2v) is 8.25. The molecule has 1 aromatic heterocycles. The fraction of sp³-hybridized carbons (Fsp3) is 0.615. The third-order valence-corrected chi connectivity index (χ3v) is 5.88. The van der Waals surface area contributed by atoms with Gasteiger partial charge in [-0.15, -0.1) is 0 Å². The van der Waals surface area contributed by atoms with E-state index in [4.69, 9.17) is 0 Å². The Labute approximate surface area is 124 Å². The quantitative estimate of drug-likeness (QED) is 0.853. The highest BCUT2D eigenvalue weighted by atomic mass is 32.2. The van der Waals surface area contributed by atoms with Gasteiger partial charge in [-0.25, -0.2) is 8.42 Å². The molecule has 1 saturated heterocycles. The number of thioether (sulfide) groups is 1. The lowest BCUT2D eigenvalue weighted by molar-refractivity contribution is -0.125. The van der Waals surface area contributed by atoms with Crippen LogP contribution >= 0.6 is 11.8 Å². The molecule has 1 N–H and O–H groups in total. The minimum absolute atomic E-state index is 0.0691. The predicted octanol–water partition coefficient (Wildman–Crippen LogP) is 1.09. The van der Waals surface area contributed by atoms with Crippen molar-refractivity contribution in [1.82, 2.24) is 9.88 Å². The van der Waals surface area contributed by atoms with Crippen molar-refractivity contribution in [3.05, 3.63) is 24.5 Å². The molecule has 5 nitrogen and oxygen atoms in total. The van der Waals surface area contributed by atoms with Gasteiger partial charge in [0.05, 0.1) is 11.5 Å². The molecule has 1 fully saturated rings. The van der Waals surface area contributed by atoms with Crippen LogP contribution in [0.3, 0.4) is 0 Å². The summed E-state index contributed by atoms with van der Waals surface area (Å²) in [5, 5.41) is 2.88. The van der Waals surface area contributed by atoms with Gasteiger partial charge in [0.2, 0.25) is 5.91 Å². The van der Waals surface area contributed by atoms with Gasteiger partial charge in [-0.05, 0) is 37.0 Å². The number of hydrogen-bond acceptors (Lipinski definition) is 4. The molecule has 1 aliphatic heterocycles. The van der Waals surface area contributed by atoms with Crippen LogP contribution in [0.25, 0.3) is 0 Å². The van der Waals surface area contributed by atoms with E-state index in [-0.39, 0.29) is 29.5 Å². The largest absolute Gasteiger partial charge is 0.351 e. The molecule has 0 bridgehead atoms. The van der Waals surface area contributed by atoms with Crippen LogP contribution in [0.5, 0.6) is 0 Å². The first kappa shape index (κ1) is 15.4. The molecule has 0 spiro atoms. The summed E-state index contributed by atoms with van der Waals surface area (Å²) in [5.41, 5.74) is 0. The summed E-state index contributed by atoms with van der Waals surface area (Å²) in [7, 11) is -2.96. The maximum absolute atomic E-state index is 12.4. The number of rotatable bonds is 6. The first-order valence-corrected chi connectivity index (χ1v) is 9.85. The molecule has 0 radical (unpaired) electrons. The summed E-state index contributed by atoms with van der Waals surface area (Å²) >= 11 is 1.70. The molecule has 7 heteroatoms. The number of nitrogens with one attached hydrogen (secondary N) is 1. The summed E-state index contributed by atoms with van der Waals surface area (Å²) in [6.45, 7) is 0. The Morgan fingerprint density at radius 3 is 2.70 bits per heavy atom. The van der Waals surface area contributed by atoms with Gasteiger partial charge in [0.25, 0.3) is 0 Å². The van der Waals surface area contributed by atoms with Gasteiger partial charge in [0, 0.05) is 18.4 Å². The molecule has 1 amide bonds. The molecule has 2 atom stereocenters. The van der Waals surface area contributed by atoms with E-state index in [1.807, 2.05) is 35.3 Å². The Hall–Kier alpha value is -0.950. The smallest absolute Gasteiger partial charge is 0.243 e. The van der Waals surface area contributed by atoms with Gasteiger partial charge in [-0.2, -0.15) is 11.8 Å². The second kappa shape index (κ2) is 6.67. The molecule has 0 aromatic carbocycles. The SMILES string of the molecule is CSCC[C@@H](C(=O)N[C@H]1CCS(=O)(=O)C1)n1cccc1. The van der Waals surface area contributed by atoms with Crippen molar-refractivity contribution < 1.29 is 13.2 Å². The van der Waals surface area contributed by atoms with Crippen molar-refractivity contribution in [2.45, 2.75) is 24.9 Å². The molecule has 20 heavy (non-hydrogen) atoms. The number of sulfone groups is 1. The van der Waals surface area contributed by atoms with Gasteiger partial charge in [-0.3, -0.25) is 4.79 Å². The standard InChI is InChI=1S/C13H20N2O3S2/c1-19-8-4-12(15-6-2-3-7-15)13(16)14-11-5-9-20(17,18)10-11/h2-3,6-7,11-12H,4-5,8-10H2,1H3,(H,14,16)/t11-,12-/m0/s1. The Morgan fingerprint density at radius 1 is 1.45 bits per heavy atom. The van der Waals surface area contributed by atoms with Gasteiger partial charge in [0.1, 0.15) is 6.04 Å².